The normalized spacial score (nSPS) is 13.2. The van der Waals surface area contributed by atoms with Gasteiger partial charge in [0.2, 0.25) is 0 Å². The number of carbonyl (C=O) groups is 1. The molecule has 0 fully saturated rings. The maximum absolute atomic E-state index is 11.6. The third kappa shape index (κ3) is 5.01. The van der Waals surface area contributed by atoms with Crippen molar-refractivity contribution in [1.29, 1.82) is 0 Å². The molecule has 0 aromatic carbocycles. The third-order valence-electron chi connectivity index (χ3n) is 2.08. The van der Waals surface area contributed by atoms with E-state index < -0.39 is 11.7 Å². The van der Waals surface area contributed by atoms with Gasteiger partial charge in [-0.15, -0.1) is 11.3 Å². The molecule has 5 nitrogen and oxygen atoms in total. The van der Waals surface area contributed by atoms with Crippen LogP contribution in [0.4, 0.5) is 9.93 Å². The van der Waals surface area contributed by atoms with Crippen molar-refractivity contribution in [1.82, 2.24) is 10.3 Å². The van der Waals surface area contributed by atoms with Crippen molar-refractivity contribution in [2.24, 2.45) is 0 Å². The number of nitrogens with one attached hydrogen (secondary N) is 2. The summed E-state index contributed by atoms with van der Waals surface area (Å²) in [4.78, 5) is 15.9. The molecule has 0 aliphatic rings. The summed E-state index contributed by atoms with van der Waals surface area (Å²) in [5.74, 6) is 0. The molecular formula is C12H21N3O2S. The van der Waals surface area contributed by atoms with Crippen LogP contribution in [0.2, 0.25) is 0 Å². The lowest BCUT2D eigenvalue weighted by Crippen LogP contribution is -2.27. The van der Waals surface area contributed by atoms with Crippen LogP contribution >= 0.6 is 11.3 Å². The minimum atomic E-state index is -0.499. The number of anilines is 1. The molecule has 0 aliphatic heterocycles. The standard InChI is InChI=1S/C12H21N3O2S/c1-6-13-8(2)9-7-18-10(14-9)15-11(16)17-12(3,4)5/h7-8,13H,6H2,1-5H3,(H,14,15,16). The fraction of sp³-hybridized carbons (Fsp3) is 0.667. The van der Waals surface area contributed by atoms with Gasteiger partial charge in [0, 0.05) is 11.4 Å². The van der Waals surface area contributed by atoms with E-state index in [-0.39, 0.29) is 6.04 Å². The minimum Gasteiger partial charge on any atom is -0.444 e. The Morgan fingerprint density at radius 1 is 1.56 bits per heavy atom. The summed E-state index contributed by atoms with van der Waals surface area (Å²) in [6.07, 6.45) is -0.473. The van der Waals surface area contributed by atoms with E-state index in [9.17, 15) is 4.79 Å². The van der Waals surface area contributed by atoms with Crippen molar-refractivity contribution in [3.8, 4) is 0 Å². The summed E-state index contributed by atoms with van der Waals surface area (Å²) >= 11 is 1.40. The monoisotopic (exact) mass is 271 g/mol. The van der Waals surface area contributed by atoms with Crippen LogP contribution in [-0.4, -0.2) is 23.2 Å². The molecule has 1 aromatic heterocycles. The average molecular weight is 271 g/mol. The van der Waals surface area contributed by atoms with Gasteiger partial charge in [-0.25, -0.2) is 9.78 Å². The molecular weight excluding hydrogens is 250 g/mol. The largest absolute Gasteiger partial charge is 0.444 e. The first-order valence-corrected chi connectivity index (χ1v) is 6.88. The topological polar surface area (TPSA) is 63.2 Å². The highest BCUT2D eigenvalue weighted by atomic mass is 32.1. The van der Waals surface area contributed by atoms with Crippen molar-refractivity contribution in [3.63, 3.8) is 0 Å². The van der Waals surface area contributed by atoms with Crippen LogP contribution in [0.25, 0.3) is 0 Å². The van der Waals surface area contributed by atoms with Gasteiger partial charge in [0.25, 0.3) is 0 Å². The molecule has 0 aliphatic carbocycles. The fourth-order valence-corrected chi connectivity index (χ4v) is 2.13. The number of nitrogens with zero attached hydrogens (tertiary/aromatic N) is 1. The van der Waals surface area contributed by atoms with E-state index in [4.69, 9.17) is 4.74 Å². The Labute approximate surface area is 112 Å². The Morgan fingerprint density at radius 3 is 2.78 bits per heavy atom. The van der Waals surface area contributed by atoms with Crippen molar-refractivity contribution >= 4 is 22.6 Å². The molecule has 1 rings (SSSR count). The molecule has 1 heterocycles. The lowest BCUT2D eigenvalue weighted by molar-refractivity contribution is 0.0636. The van der Waals surface area contributed by atoms with Gasteiger partial charge in [0.15, 0.2) is 5.13 Å². The Balaban J connectivity index is 2.56. The van der Waals surface area contributed by atoms with Gasteiger partial charge >= 0.3 is 6.09 Å². The molecule has 2 N–H and O–H groups in total. The van der Waals surface area contributed by atoms with E-state index in [1.54, 1.807) is 0 Å². The van der Waals surface area contributed by atoms with Gasteiger partial charge in [-0.1, -0.05) is 6.92 Å². The number of hydrogen-bond donors (Lipinski definition) is 2. The zero-order chi connectivity index (χ0) is 13.8. The van der Waals surface area contributed by atoms with Gasteiger partial charge in [-0.3, -0.25) is 5.32 Å². The SMILES string of the molecule is CCNC(C)c1csc(NC(=O)OC(C)(C)C)n1. The highest BCUT2D eigenvalue weighted by Gasteiger charge is 2.17. The Bertz CT molecular complexity index is 398. The van der Waals surface area contributed by atoms with Crippen LogP contribution in [0.3, 0.4) is 0 Å². The molecule has 0 radical (unpaired) electrons. The molecule has 0 saturated heterocycles. The van der Waals surface area contributed by atoms with Gasteiger partial charge < -0.3 is 10.1 Å². The van der Waals surface area contributed by atoms with E-state index in [0.29, 0.717) is 5.13 Å². The Kier molecular flexibility index (Phi) is 5.10. The molecule has 1 amide bonds. The quantitative estimate of drug-likeness (QED) is 0.883. The molecule has 0 spiro atoms. The number of rotatable bonds is 4. The summed E-state index contributed by atoms with van der Waals surface area (Å²) in [5.41, 5.74) is 0.425. The van der Waals surface area contributed by atoms with E-state index in [0.717, 1.165) is 12.2 Å². The van der Waals surface area contributed by atoms with Crippen LogP contribution in [-0.2, 0) is 4.74 Å². The molecule has 0 bridgehead atoms. The van der Waals surface area contributed by atoms with Crippen molar-refractivity contribution < 1.29 is 9.53 Å². The molecule has 6 heteroatoms. The van der Waals surface area contributed by atoms with E-state index >= 15 is 0 Å². The lowest BCUT2D eigenvalue weighted by Gasteiger charge is -2.18. The van der Waals surface area contributed by atoms with Crippen molar-refractivity contribution in [2.45, 2.75) is 46.3 Å². The van der Waals surface area contributed by atoms with Gasteiger partial charge in [-0.2, -0.15) is 0 Å². The Morgan fingerprint density at radius 2 is 2.22 bits per heavy atom. The second-order valence-electron chi connectivity index (χ2n) is 4.98. The van der Waals surface area contributed by atoms with Gasteiger partial charge in [0.05, 0.1) is 5.69 Å². The van der Waals surface area contributed by atoms with E-state index in [2.05, 4.69) is 15.6 Å². The Hall–Kier alpha value is -1.14. The number of carbonyl (C=O) groups excluding carboxylic acids is 1. The molecule has 1 aromatic rings. The predicted molar refractivity (Wildman–Crippen MR) is 74.1 cm³/mol. The highest BCUT2D eigenvalue weighted by molar-refractivity contribution is 7.13. The first-order chi connectivity index (χ1) is 8.31. The van der Waals surface area contributed by atoms with Crippen molar-refractivity contribution in [3.05, 3.63) is 11.1 Å². The van der Waals surface area contributed by atoms with Gasteiger partial charge in [-0.05, 0) is 34.2 Å². The highest BCUT2D eigenvalue weighted by Crippen LogP contribution is 2.21. The van der Waals surface area contributed by atoms with Crippen LogP contribution in [0.1, 0.15) is 46.4 Å². The van der Waals surface area contributed by atoms with Gasteiger partial charge in [0.1, 0.15) is 5.60 Å². The third-order valence-corrected chi connectivity index (χ3v) is 2.86. The number of ether oxygens (including phenoxy) is 1. The lowest BCUT2D eigenvalue weighted by atomic mass is 10.2. The number of thiazole rings is 1. The van der Waals surface area contributed by atoms with Crippen LogP contribution in [0.15, 0.2) is 5.38 Å². The molecule has 18 heavy (non-hydrogen) atoms. The van der Waals surface area contributed by atoms with Crippen LogP contribution < -0.4 is 10.6 Å². The van der Waals surface area contributed by atoms with E-state index in [1.165, 1.54) is 11.3 Å². The second-order valence-corrected chi connectivity index (χ2v) is 5.84. The molecule has 0 saturated carbocycles. The number of hydrogen-bond acceptors (Lipinski definition) is 5. The zero-order valence-corrected chi connectivity index (χ0v) is 12.4. The maximum atomic E-state index is 11.6. The first-order valence-electron chi connectivity index (χ1n) is 6.00. The molecule has 102 valence electrons. The summed E-state index contributed by atoms with van der Waals surface area (Å²) in [6.45, 7) is 10.4. The second kappa shape index (κ2) is 6.15. The number of amides is 1. The van der Waals surface area contributed by atoms with E-state index in [1.807, 2.05) is 40.0 Å². The average Bonchev–Trinajstić information content (AvgIpc) is 2.63. The predicted octanol–water partition coefficient (Wildman–Crippen LogP) is 3.16. The summed E-state index contributed by atoms with van der Waals surface area (Å²) in [7, 11) is 0. The number of aromatic nitrogens is 1. The zero-order valence-electron chi connectivity index (χ0n) is 11.5. The smallest absolute Gasteiger partial charge is 0.413 e. The summed E-state index contributed by atoms with van der Waals surface area (Å²) in [6, 6.07) is 0.181. The van der Waals surface area contributed by atoms with Crippen LogP contribution in [0, 0.1) is 0 Å². The minimum absolute atomic E-state index is 0.181. The first kappa shape index (κ1) is 14.9. The van der Waals surface area contributed by atoms with Crippen LogP contribution in [0.5, 0.6) is 0 Å². The summed E-state index contributed by atoms with van der Waals surface area (Å²) in [5, 5.41) is 8.39. The molecule has 1 atom stereocenters. The fourth-order valence-electron chi connectivity index (χ4n) is 1.34. The summed E-state index contributed by atoms with van der Waals surface area (Å²) < 4.78 is 5.16. The molecule has 1 unspecified atom stereocenters. The maximum Gasteiger partial charge on any atom is 0.413 e. The van der Waals surface area contributed by atoms with Crippen molar-refractivity contribution in [2.75, 3.05) is 11.9 Å².